The van der Waals surface area contributed by atoms with Crippen LogP contribution in [0.15, 0.2) is 71.4 Å². The van der Waals surface area contributed by atoms with Crippen molar-refractivity contribution in [3.05, 3.63) is 78.2 Å². The molecule has 2 aromatic heterocycles. The predicted molar refractivity (Wildman–Crippen MR) is 96.4 cm³/mol. The van der Waals surface area contributed by atoms with E-state index in [2.05, 4.69) is 15.5 Å². The number of amides is 1. The normalized spacial score (nSPS) is 10.8. The van der Waals surface area contributed by atoms with Crippen LogP contribution in [0, 0.1) is 6.92 Å². The van der Waals surface area contributed by atoms with Gasteiger partial charge in [0.1, 0.15) is 5.69 Å². The molecule has 1 amide bonds. The van der Waals surface area contributed by atoms with Gasteiger partial charge in [0.15, 0.2) is 0 Å². The number of hydrogen-bond acceptors (Lipinski definition) is 4. The summed E-state index contributed by atoms with van der Waals surface area (Å²) < 4.78 is 5.19. The van der Waals surface area contributed by atoms with Crippen molar-refractivity contribution in [2.75, 3.05) is 5.32 Å². The third-order valence-corrected chi connectivity index (χ3v) is 3.93. The number of rotatable bonds is 3. The van der Waals surface area contributed by atoms with E-state index in [0.29, 0.717) is 11.4 Å². The van der Waals surface area contributed by atoms with Crippen LogP contribution in [0.4, 0.5) is 5.69 Å². The number of aryl methyl sites for hydroxylation is 1. The van der Waals surface area contributed by atoms with Gasteiger partial charge in [-0.15, -0.1) is 0 Å². The smallest absolute Gasteiger partial charge is 0.294 e. The maximum absolute atomic E-state index is 12.4. The summed E-state index contributed by atoms with van der Waals surface area (Å²) in [4.78, 5) is 16.7. The molecule has 5 heteroatoms. The number of nitrogens with one attached hydrogen (secondary N) is 1. The number of fused-ring (bicyclic) bond motifs is 1. The first-order valence-electron chi connectivity index (χ1n) is 7.89. The molecule has 0 unspecified atom stereocenters. The maximum Gasteiger partial charge on any atom is 0.294 e. The number of carbonyl (C=O) groups is 1. The number of anilines is 1. The van der Waals surface area contributed by atoms with Crippen LogP contribution in [0.3, 0.4) is 0 Å². The van der Waals surface area contributed by atoms with Gasteiger partial charge in [0.2, 0.25) is 5.76 Å². The summed E-state index contributed by atoms with van der Waals surface area (Å²) in [6.45, 7) is 2.02. The molecule has 1 N–H and O–H groups in total. The molecule has 0 atom stereocenters. The molecule has 5 nitrogen and oxygen atoms in total. The zero-order valence-corrected chi connectivity index (χ0v) is 13.6. The van der Waals surface area contributed by atoms with Gasteiger partial charge in [-0.3, -0.25) is 9.78 Å². The second kappa shape index (κ2) is 6.20. The van der Waals surface area contributed by atoms with Crippen molar-refractivity contribution in [3.63, 3.8) is 0 Å². The Bertz CT molecular complexity index is 1050. The van der Waals surface area contributed by atoms with E-state index in [1.807, 2.05) is 61.5 Å². The van der Waals surface area contributed by atoms with Gasteiger partial charge in [-0.2, -0.15) is 0 Å². The zero-order chi connectivity index (χ0) is 17.2. The Hall–Kier alpha value is -3.47. The number of aromatic nitrogens is 2. The van der Waals surface area contributed by atoms with Gasteiger partial charge in [0.05, 0.1) is 17.4 Å². The lowest BCUT2D eigenvalue weighted by molar-refractivity contribution is 0.0988. The van der Waals surface area contributed by atoms with E-state index < -0.39 is 0 Å². The summed E-state index contributed by atoms with van der Waals surface area (Å²) in [7, 11) is 0. The Labute approximate surface area is 144 Å². The number of hydrogen-bond donors (Lipinski definition) is 1. The van der Waals surface area contributed by atoms with Gasteiger partial charge < -0.3 is 9.84 Å². The topological polar surface area (TPSA) is 68.0 Å². The molecule has 0 saturated carbocycles. The Kier molecular flexibility index (Phi) is 3.74. The molecule has 2 heterocycles. The van der Waals surface area contributed by atoms with Crippen molar-refractivity contribution in [3.8, 4) is 11.3 Å². The lowest BCUT2D eigenvalue weighted by Gasteiger charge is -2.03. The molecule has 0 aliphatic carbocycles. The molecule has 2 aromatic carbocycles. The fourth-order valence-corrected chi connectivity index (χ4v) is 2.57. The Balaban J connectivity index is 1.55. The van der Waals surface area contributed by atoms with Crippen LogP contribution < -0.4 is 5.32 Å². The second-order valence-corrected chi connectivity index (χ2v) is 5.81. The maximum atomic E-state index is 12.4. The van der Waals surface area contributed by atoms with Crippen LogP contribution in [0.2, 0.25) is 0 Å². The molecule has 0 bridgehead atoms. The quantitative estimate of drug-likeness (QED) is 0.603. The highest BCUT2D eigenvalue weighted by molar-refractivity contribution is 6.03. The van der Waals surface area contributed by atoms with Crippen molar-refractivity contribution < 1.29 is 9.32 Å². The SMILES string of the molecule is Cc1ccc(-c2cc(C(=O)Nc3cnc4ccccc4c3)on2)cc1. The molecule has 0 fully saturated rings. The summed E-state index contributed by atoms with van der Waals surface area (Å²) in [5.41, 5.74) is 4.18. The zero-order valence-electron chi connectivity index (χ0n) is 13.6. The van der Waals surface area contributed by atoms with Crippen LogP contribution in [-0.2, 0) is 0 Å². The molecule has 4 aromatic rings. The van der Waals surface area contributed by atoms with Crippen molar-refractivity contribution in [2.45, 2.75) is 6.92 Å². The average molecular weight is 329 g/mol. The summed E-state index contributed by atoms with van der Waals surface area (Å²) in [6, 6.07) is 19.1. The van der Waals surface area contributed by atoms with Crippen LogP contribution >= 0.6 is 0 Å². The lowest BCUT2D eigenvalue weighted by atomic mass is 10.1. The number of pyridine rings is 1. The molecular formula is C20H15N3O2. The molecule has 0 aliphatic rings. The predicted octanol–water partition coefficient (Wildman–Crippen LogP) is 4.45. The highest BCUT2D eigenvalue weighted by Crippen LogP contribution is 2.21. The fourth-order valence-electron chi connectivity index (χ4n) is 2.57. The molecule has 25 heavy (non-hydrogen) atoms. The van der Waals surface area contributed by atoms with Crippen LogP contribution in [0.1, 0.15) is 16.1 Å². The second-order valence-electron chi connectivity index (χ2n) is 5.81. The average Bonchev–Trinajstić information content (AvgIpc) is 3.12. The van der Waals surface area contributed by atoms with E-state index in [-0.39, 0.29) is 11.7 Å². The van der Waals surface area contributed by atoms with Gasteiger partial charge in [-0.1, -0.05) is 53.2 Å². The third kappa shape index (κ3) is 3.12. The first-order chi connectivity index (χ1) is 12.2. The van der Waals surface area contributed by atoms with Gasteiger partial charge in [0.25, 0.3) is 5.91 Å². The van der Waals surface area contributed by atoms with E-state index >= 15 is 0 Å². The van der Waals surface area contributed by atoms with Crippen LogP contribution in [0.25, 0.3) is 22.2 Å². The highest BCUT2D eigenvalue weighted by atomic mass is 16.5. The lowest BCUT2D eigenvalue weighted by Crippen LogP contribution is -2.11. The Morgan fingerprint density at radius 1 is 1.04 bits per heavy atom. The van der Waals surface area contributed by atoms with E-state index in [4.69, 9.17) is 4.52 Å². The molecular weight excluding hydrogens is 314 g/mol. The minimum atomic E-state index is -0.358. The van der Waals surface area contributed by atoms with Gasteiger partial charge >= 0.3 is 0 Å². The standard InChI is InChI=1S/C20H15N3O2/c1-13-6-8-14(9-7-13)18-11-19(25-23-18)20(24)22-16-10-15-4-2-3-5-17(15)21-12-16/h2-12H,1H3,(H,22,24). The number of benzene rings is 2. The minimum Gasteiger partial charge on any atom is -0.350 e. The monoisotopic (exact) mass is 329 g/mol. The molecule has 122 valence electrons. The van der Waals surface area contributed by atoms with E-state index in [0.717, 1.165) is 22.0 Å². The van der Waals surface area contributed by atoms with E-state index in [9.17, 15) is 4.79 Å². The largest absolute Gasteiger partial charge is 0.350 e. The molecule has 0 radical (unpaired) electrons. The van der Waals surface area contributed by atoms with Crippen molar-refractivity contribution >= 4 is 22.5 Å². The highest BCUT2D eigenvalue weighted by Gasteiger charge is 2.14. The van der Waals surface area contributed by atoms with Gasteiger partial charge in [0, 0.05) is 17.0 Å². The fraction of sp³-hybridized carbons (Fsp3) is 0.0500. The Morgan fingerprint density at radius 3 is 2.68 bits per heavy atom. The number of carbonyl (C=O) groups excluding carboxylic acids is 1. The van der Waals surface area contributed by atoms with Crippen molar-refractivity contribution in [2.24, 2.45) is 0 Å². The van der Waals surface area contributed by atoms with Gasteiger partial charge in [-0.05, 0) is 19.1 Å². The summed E-state index contributed by atoms with van der Waals surface area (Å²) in [6.07, 6.45) is 1.62. The number of para-hydroxylation sites is 1. The van der Waals surface area contributed by atoms with Crippen molar-refractivity contribution in [1.82, 2.24) is 10.1 Å². The van der Waals surface area contributed by atoms with E-state index in [1.165, 1.54) is 0 Å². The van der Waals surface area contributed by atoms with Gasteiger partial charge in [-0.25, -0.2) is 0 Å². The summed E-state index contributed by atoms with van der Waals surface area (Å²) >= 11 is 0. The molecule has 0 aliphatic heterocycles. The summed E-state index contributed by atoms with van der Waals surface area (Å²) in [5, 5.41) is 7.72. The Morgan fingerprint density at radius 2 is 1.84 bits per heavy atom. The van der Waals surface area contributed by atoms with Crippen molar-refractivity contribution in [1.29, 1.82) is 0 Å². The third-order valence-electron chi connectivity index (χ3n) is 3.93. The molecule has 0 saturated heterocycles. The summed E-state index contributed by atoms with van der Waals surface area (Å²) in [5.74, 6) is -0.202. The van der Waals surface area contributed by atoms with Crippen LogP contribution in [0.5, 0.6) is 0 Å². The molecule has 0 spiro atoms. The van der Waals surface area contributed by atoms with E-state index in [1.54, 1.807) is 12.3 Å². The first-order valence-corrected chi connectivity index (χ1v) is 7.89. The molecule has 4 rings (SSSR count). The number of nitrogens with zero attached hydrogens (tertiary/aromatic N) is 2. The van der Waals surface area contributed by atoms with Crippen LogP contribution in [-0.4, -0.2) is 16.0 Å². The first kappa shape index (κ1) is 15.1. The minimum absolute atomic E-state index is 0.156.